The lowest BCUT2D eigenvalue weighted by Crippen LogP contribution is -2.45. The lowest BCUT2D eigenvalue weighted by atomic mass is 9.98. The number of likely N-dealkylation sites (tertiary alicyclic amines) is 1. The molecule has 0 aromatic heterocycles. The van der Waals surface area contributed by atoms with Gasteiger partial charge < -0.3 is 16.0 Å². The summed E-state index contributed by atoms with van der Waals surface area (Å²) in [7, 11) is -3.38. The number of hydrogen-bond donors (Lipinski definition) is 3. The van der Waals surface area contributed by atoms with Crippen molar-refractivity contribution in [3.8, 4) is 0 Å². The zero-order chi connectivity index (χ0) is 17.0. The van der Waals surface area contributed by atoms with Gasteiger partial charge in [0.1, 0.15) is 0 Å². The van der Waals surface area contributed by atoms with Crippen LogP contribution in [0.2, 0.25) is 0 Å². The topological polar surface area (TPSA) is 122 Å². The predicted molar refractivity (Wildman–Crippen MR) is 87.4 cm³/mol. The second-order valence-corrected chi connectivity index (χ2v) is 7.32. The molecule has 1 fully saturated rings. The molecule has 0 unspecified atom stereocenters. The maximum Gasteiger partial charge on any atom is 0.321 e. The summed E-state index contributed by atoms with van der Waals surface area (Å²) in [4.78, 5) is 25.1. The minimum absolute atomic E-state index is 0.294. The van der Waals surface area contributed by atoms with Crippen molar-refractivity contribution >= 4 is 33.3 Å². The number of primary amides is 1. The van der Waals surface area contributed by atoms with Gasteiger partial charge in [-0.15, -0.1) is 0 Å². The quantitative estimate of drug-likeness (QED) is 0.750. The lowest BCUT2D eigenvalue weighted by molar-refractivity contribution is -0.123. The van der Waals surface area contributed by atoms with Gasteiger partial charge in [0.15, 0.2) is 0 Å². The molecule has 0 saturated carbocycles. The fraction of sp³-hybridized carbons (Fsp3) is 0.429. The molecular weight excluding hydrogens is 320 g/mol. The third-order valence-electron chi connectivity index (χ3n) is 3.53. The molecule has 1 heterocycles. The summed E-state index contributed by atoms with van der Waals surface area (Å²) < 4.78 is 24.8. The van der Waals surface area contributed by atoms with Gasteiger partial charge in [-0.3, -0.25) is 9.52 Å². The van der Waals surface area contributed by atoms with Crippen molar-refractivity contribution in [1.29, 1.82) is 0 Å². The Morgan fingerprint density at radius 2 is 2.00 bits per heavy atom. The molecule has 1 aromatic carbocycles. The highest BCUT2D eigenvalue weighted by Crippen LogP contribution is 2.19. The van der Waals surface area contributed by atoms with Crippen LogP contribution in [0.15, 0.2) is 24.3 Å². The molecule has 1 aliphatic heterocycles. The fourth-order valence-electron chi connectivity index (χ4n) is 2.47. The SMILES string of the molecule is CS(=O)(=O)Nc1cccc(NC(=O)N2CCC[C@@H](C(N)=O)C2)c1. The first kappa shape index (κ1) is 17.1. The minimum Gasteiger partial charge on any atom is -0.369 e. The Morgan fingerprint density at radius 3 is 2.65 bits per heavy atom. The first-order valence-corrected chi connectivity index (χ1v) is 9.07. The van der Waals surface area contributed by atoms with Crippen LogP contribution < -0.4 is 15.8 Å². The largest absolute Gasteiger partial charge is 0.369 e. The van der Waals surface area contributed by atoms with Gasteiger partial charge in [0.2, 0.25) is 15.9 Å². The highest BCUT2D eigenvalue weighted by molar-refractivity contribution is 7.92. The summed E-state index contributed by atoms with van der Waals surface area (Å²) in [5.74, 6) is -0.727. The Morgan fingerprint density at radius 1 is 1.30 bits per heavy atom. The fourth-order valence-corrected chi connectivity index (χ4v) is 3.03. The van der Waals surface area contributed by atoms with Crippen molar-refractivity contribution in [2.24, 2.45) is 11.7 Å². The van der Waals surface area contributed by atoms with Crippen molar-refractivity contribution in [2.45, 2.75) is 12.8 Å². The van der Waals surface area contributed by atoms with Crippen LogP contribution in [0.3, 0.4) is 0 Å². The molecule has 4 N–H and O–H groups in total. The van der Waals surface area contributed by atoms with Crippen LogP contribution >= 0.6 is 0 Å². The second-order valence-electron chi connectivity index (χ2n) is 5.57. The zero-order valence-corrected chi connectivity index (χ0v) is 13.6. The number of piperidine rings is 1. The van der Waals surface area contributed by atoms with Gasteiger partial charge in [-0.2, -0.15) is 0 Å². The molecule has 0 radical (unpaired) electrons. The molecule has 2 rings (SSSR count). The Bertz CT molecular complexity index is 704. The summed E-state index contributed by atoms with van der Waals surface area (Å²) in [6, 6.07) is 6.05. The molecule has 0 aliphatic carbocycles. The molecule has 3 amide bonds. The molecule has 1 atom stereocenters. The van der Waals surface area contributed by atoms with E-state index in [1.54, 1.807) is 18.2 Å². The van der Waals surface area contributed by atoms with Crippen molar-refractivity contribution in [2.75, 3.05) is 29.4 Å². The van der Waals surface area contributed by atoms with E-state index in [0.29, 0.717) is 30.9 Å². The maximum atomic E-state index is 12.3. The number of sulfonamides is 1. The lowest BCUT2D eigenvalue weighted by Gasteiger charge is -2.31. The van der Waals surface area contributed by atoms with Crippen LogP contribution in [0, 0.1) is 5.92 Å². The Labute approximate surface area is 135 Å². The van der Waals surface area contributed by atoms with Crippen molar-refractivity contribution in [1.82, 2.24) is 4.90 Å². The molecule has 0 spiro atoms. The minimum atomic E-state index is -3.38. The van der Waals surface area contributed by atoms with Gasteiger partial charge in [0.05, 0.1) is 17.9 Å². The third kappa shape index (κ3) is 5.13. The summed E-state index contributed by atoms with van der Waals surface area (Å²) in [5.41, 5.74) is 6.12. The van der Waals surface area contributed by atoms with E-state index in [4.69, 9.17) is 5.73 Å². The molecule has 0 bridgehead atoms. The van der Waals surface area contributed by atoms with Crippen LogP contribution in [-0.4, -0.2) is 44.6 Å². The van der Waals surface area contributed by atoms with Gasteiger partial charge in [-0.1, -0.05) is 6.07 Å². The number of carbonyl (C=O) groups excluding carboxylic acids is 2. The third-order valence-corrected chi connectivity index (χ3v) is 4.13. The number of carbonyl (C=O) groups is 2. The first-order valence-electron chi connectivity index (χ1n) is 7.18. The average molecular weight is 340 g/mol. The summed E-state index contributed by atoms with van der Waals surface area (Å²) in [6.45, 7) is 0.847. The van der Waals surface area contributed by atoms with Crippen LogP contribution in [0.5, 0.6) is 0 Å². The molecule has 9 heteroatoms. The number of nitrogens with two attached hydrogens (primary N) is 1. The van der Waals surface area contributed by atoms with E-state index < -0.39 is 15.9 Å². The summed E-state index contributed by atoms with van der Waals surface area (Å²) in [5, 5.41) is 2.70. The predicted octanol–water partition coefficient (Wildman–Crippen LogP) is 0.787. The van der Waals surface area contributed by atoms with Crippen molar-refractivity contribution in [3.63, 3.8) is 0 Å². The maximum absolute atomic E-state index is 12.3. The Balaban J connectivity index is 2.02. The van der Waals surface area contributed by atoms with Gasteiger partial charge in [-0.25, -0.2) is 13.2 Å². The van der Waals surface area contributed by atoms with E-state index in [0.717, 1.165) is 12.7 Å². The molecule has 1 aliphatic rings. The smallest absolute Gasteiger partial charge is 0.321 e. The van der Waals surface area contributed by atoms with E-state index in [-0.39, 0.29) is 11.9 Å². The zero-order valence-electron chi connectivity index (χ0n) is 12.8. The van der Waals surface area contributed by atoms with E-state index >= 15 is 0 Å². The van der Waals surface area contributed by atoms with Gasteiger partial charge >= 0.3 is 6.03 Å². The van der Waals surface area contributed by atoms with Crippen molar-refractivity contribution in [3.05, 3.63) is 24.3 Å². The monoisotopic (exact) mass is 340 g/mol. The molecular formula is C14H20N4O4S. The van der Waals surface area contributed by atoms with Crippen LogP contribution in [0.25, 0.3) is 0 Å². The van der Waals surface area contributed by atoms with Crippen LogP contribution in [0.1, 0.15) is 12.8 Å². The van der Waals surface area contributed by atoms with Crippen LogP contribution in [0.4, 0.5) is 16.2 Å². The number of rotatable bonds is 4. The molecule has 1 aromatic rings. The van der Waals surface area contributed by atoms with Crippen LogP contribution in [-0.2, 0) is 14.8 Å². The van der Waals surface area contributed by atoms with E-state index in [1.165, 1.54) is 11.0 Å². The number of nitrogens with zero attached hydrogens (tertiary/aromatic N) is 1. The number of amides is 3. The van der Waals surface area contributed by atoms with Gasteiger partial charge in [0, 0.05) is 18.8 Å². The van der Waals surface area contributed by atoms with Gasteiger partial charge in [0.25, 0.3) is 0 Å². The standard InChI is InChI=1S/C14H20N4O4S/c1-23(21,22)17-12-6-2-5-11(8-12)16-14(20)18-7-3-4-10(9-18)13(15)19/h2,5-6,8,10,17H,3-4,7,9H2,1H3,(H2,15,19)(H,16,20)/t10-/m1/s1. The Kier molecular flexibility index (Phi) is 5.09. The summed E-state index contributed by atoms with van der Waals surface area (Å²) >= 11 is 0. The highest BCUT2D eigenvalue weighted by Gasteiger charge is 2.26. The van der Waals surface area contributed by atoms with E-state index in [1.807, 2.05) is 0 Å². The molecule has 1 saturated heterocycles. The first-order chi connectivity index (χ1) is 10.7. The number of urea groups is 1. The van der Waals surface area contributed by atoms with E-state index in [9.17, 15) is 18.0 Å². The molecule has 8 nitrogen and oxygen atoms in total. The number of anilines is 2. The molecule has 23 heavy (non-hydrogen) atoms. The number of hydrogen-bond acceptors (Lipinski definition) is 4. The van der Waals surface area contributed by atoms with Crippen molar-refractivity contribution < 1.29 is 18.0 Å². The molecule has 126 valence electrons. The summed E-state index contributed by atoms with van der Waals surface area (Å²) in [6.07, 6.45) is 2.46. The second kappa shape index (κ2) is 6.86. The Hall–Kier alpha value is -2.29. The number of nitrogens with one attached hydrogen (secondary N) is 2. The van der Waals surface area contributed by atoms with E-state index in [2.05, 4.69) is 10.0 Å². The highest BCUT2D eigenvalue weighted by atomic mass is 32.2. The average Bonchev–Trinajstić information content (AvgIpc) is 2.46. The normalized spacial score (nSPS) is 18.3. The van der Waals surface area contributed by atoms with Gasteiger partial charge in [-0.05, 0) is 31.0 Å². The number of benzene rings is 1.